The predicted molar refractivity (Wildman–Crippen MR) is 135 cm³/mol. The maximum Gasteiger partial charge on any atom is 0.257 e. The lowest BCUT2D eigenvalue weighted by atomic mass is 10.1. The molecule has 0 saturated carbocycles. The second-order valence-electron chi connectivity index (χ2n) is 8.16. The maximum absolute atomic E-state index is 13.0. The highest BCUT2D eigenvalue weighted by atomic mass is 32.1. The van der Waals surface area contributed by atoms with Crippen LogP contribution in [0.1, 0.15) is 27.3 Å². The van der Waals surface area contributed by atoms with E-state index in [2.05, 4.69) is 21.5 Å². The molecule has 7 nitrogen and oxygen atoms in total. The molecule has 0 spiro atoms. The number of imidazole rings is 1. The van der Waals surface area contributed by atoms with Crippen molar-refractivity contribution >= 4 is 22.4 Å². The van der Waals surface area contributed by atoms with Crippen LogP contribution in [0.3, 0.4) is 0 Å². The predicted octanol–water partition coefficient (Wildman–Crippen LogP) is 5.32. The fourth-order valence-corrected chi connectivity index (χ4v) is 4.86. The van der Waals surface area contributed by atoms with Crippen LogP contribution in [0.2, 0.25) is 0 Å². The van der Waals surface area contributed by atoms with E-state index in [9.17, 15) is 4.79 Å². The summed E-state index contributed by atoms with van der Waals surface area (Å²) in [5.74, 6) is 0.614. The summed E-state index contributed by atoms with van der Waals surface area (Å²) in [4.78, 5) is 23.1. The van der Waals surface area contributed by atoms with Crippen LogP contribution in [-0.4, -0.2) is 30.2 Å². The molecule has 0 aliphatic heterocycles. The van der Waals surface area contributed by atoms with Crippen LogP contribution >= 0.6 is 11.3 Å². The first-order valence-corrected chi connectivity index (χ1v) is 11.7. The Labute approximate surface area is 201 Å². The molecule has 0 radical (unpaired) electrons. The second kappa shape index (κ2) is 9.07. The number of hydrogen-bond acceptors (Lipinski definition) is 5. The van der Waals surface area contributed by atoms with Gasteiger partial charge < -0.3 is 4.57 Å². The lowest BCUT2D eigenvalue weighted by Crippen LogP contribution is -2.12. The van der Waals surface area contributed by atoms with E-state index in [0.29, 0.717) is 17.2 Å². The van der Waals surface area contributed by atoms with Gasteiger partial charge in [-0.05, 0) is 37.6 Å². The van der Waals surface area contributed by atoms with Crippen molar-refractivity contribution in [2.45, 2.75) is 20.4 Å². The minimum atomic E-state index is -0.197. The largest absolute Gasteiger partial charge is 0.333 e. The summed E-state index contributed by atoms with van der Waals surface area (Å²) in [7, 11) is 1.95. The highest BCUT2D eigenvalue weighted by molar-refractivity contribution is 7.19. The fourth-order valence-electron chi connectivity index (χ4n) is 3.84. The lowest BCUT2D eigenvalue weighted by Gasteiger charge is -2.06. The molecule has 0 aliphatic carbocycles. The van der Waals surface area contributed by atoms with Crippen LogP contribution < -0.4 is 5.32 Å². The van der Waals surface area contributed by atoms with Crippen molar-refractivity contribution in [1.29, 1.82) is 0 Å². The Bertz CT molecular complexity index is 1450. The molecule has 8 heteroatoms. The molecule has 0 unspecified atom stereocenters. The van der Waals surface area contributed by atoms with E-state index in [1.165, 1.54) is 11.3 Å². The Kier molecular flexibility index (Phi) is 5.81. The molecule has 3 heterocycles. The number of anilines is 1. The lowest BCUT2D eigenvalue weighted by molar-refractivity contribution is 0.102. The van der Waals surface area contributed by atoms with Gasteiger partial charge in [0.1, 0.15) is 0 Å². The third kappa shape index (κ3) is 4.40. The molecule has 0 fully saturated rings. The van der Waals surface area contributed by atoms with Gasteiger partial charge in [0.15, 0.2) is 11.0 Å². The van der Waals surface area contributed by atoms with Gasteiger partial charge in [0, 0.05) is 36.3 Å². The molecule has 0 bridgehead atoms. The van der Waals surface area contributed by atoms with Gasteiger partial charge in [0.05, 0.1) is 22.8 Å². The van der Waals surface area contributed by atoms with Crippen molar-refractivity contribution in [1.82, 2.24) is 24.3 Å². The van der Waals surface area contributed by atoms with Crippen LogP contribution in [0, 0.1) is 13.8 Å². The van der Waals surface area contributed by atoms with E-state index in [1.54, 1.807) is 6.20 Å². The van der Waals surface area contributed by atoms with Gasteiger partial charge >= 0.3 is 0 Å². The number of rotatable bonds is 6. The molecule has 2 aromatic carbocycles. The fraction of sp³-hybridized carbons (Fsp3) is 0.154. The number of amides is 1. The number of carbonyl (C=O) groups excluding carboxylic acids is 1. The number of carbonyl (C=O) groups is 1. The summed E-state index contributed by atoms with van der Waals surface area (Å²) >= 11 is 1.42. The van der Waals surface area contributed by atoms with Crippen molar-refractivity contribution in [3.63, 3.8) is 0 Å². The molecule has 5 aromatic rings. The number of hydrogen-bond donors (Lipinski definition) is 1. The quantitative estimate of drug-likeness (QED) is 0.366. The summed E-state index contributed by atoms with van der Waals surface area (Å²) in [5, 5.41) is 8.01. The molecular weight excluding hydrogens is 444 g/mol. The van der Waals surface area contributed by atoms with E-state index in [4.69, 9.17) is 4.98 Å². The number of nitrogens with zero attached hydrogens (tertiary/aromatic N) is 5. The average Bonchev–Trinajstić information content (AvgIpc) is 3.53. The number of benzene rings is 2. The molecular formula is C26H24N6OS. The SMILES string of the molecule is Cc1cc(C)n(Cc2ccc(C(=O)Nc3nc(-c4ccccc4)c(-c4nccn4C)s3)cc2)n1. The monoisotopic (exact) mass is 468 g/mol. The molecule has 0 atom stereocenters. The van der Waals surface area contributed by atoms with Gasteiger partial charge in [0.2, 0.25) is 0 Å². The van der Waals surface area contributed by atoms with Gasteiger partial charge in [0.25, 0.3) is 5.91 Å². The zero-order valence-electron chi connectivity index (χ0n) is 19.2. The standard InChI is InChI=1S/C26H24N6OS/c1-17-15-18(2)32(30-17)16-19-9-11-21(12-10-19)25(33)29-26-28-22(20-7-5-4-6-8-20)23(34-26)24-27-13-14-31(24)3/h4-15H,16H2,1-3H3,(H,28,29,33). The first-order valence-electron chi connectivity index (χ1n) is 10.9. The highest BCUT2D eigenvalue weighted by Gasteiger charge is 2.19. The van der Waals surface area contributed by atoms with Crippen LogP contribution in [-0.2, 0) is 13.6 Å². The van der Waals surface area contributed by atoms with Crippen LogP contribution in [0.15, 0.2) is 73.1 Å². The Morgan fingerprint density at radius 1 is 1.06 bits per heavy atom. The molecule has 34 heavy (non-hydrogen) atoms. The number of aryl methyl sites for hydroxylation is 3. The molecule has 3 aromatic heterocycles. The summed E-state index contributed by atoms with van der Waals surface area (Å²) in [6.45, 7) is 4.69. The van der Waals surface area contributed by atoms with Gasteiger partial charge in [-0.1, -0.05) is 53.8 Å². The van der Waals surface area contributed by atoms with Gasteiger partial charge in [-0.3, -0.25) is 14.8 Å². The smallest absolute Gasteiger partial charge is 0.257 e. The Morgan fingerprint density at radius 3 is 2.47 bits per heavy atom. The third-order valence-corrected chi connectivity index (χ3v) is 6.54. The maximum atomic E-state index is 13.0. The van der Waals surface area contributed by atoms with Crippen molar-refractivity contribution < 1.29 is 4.79 Å². The Hall–Kier alpha value is -4.04. The molecule has 1 N–H and O–H groups in total. The first kappa shape index (κ1) is 21.8. The van der Waals surface area contributed by atoms with Gasteiger partial charge in [-0.25, -0.2) is 9.97 Å². The molecule has 5 rings (SSSR count). The number of nitrogens with one attached hydrogen (secondary N) is 1. The van der Waals surface area contributed by atoms with Crippen LogP contribution in [0.4, 0.5) is 5.13 Å². The third-order valence-electron chi connectivity index (χ3n) is 5.57. The van der Waals surface area contributed by atoms with E-state index < -0.39 is 0 Å². The average molecular weight is 469 g/mol. The number of aromatic nitrogens is 5. The Balaban J connectivity index is 1.38. The normalized spacial score (nSPS) is 11.0. The van der Waals surface area contributed by atoms with E-state index in [-0.39, 0.29) is 5.91 Å². The summed E-state index contributed by atoms with van der Waals surface area (Å²) in [5.41, 5.74) is 5.55. The van der Waals surface area contributed by atoms with E-state index in [0.717, 1.165) is 38.9 Å². The molecule has 0 saturated heterocycles. The van der Waals surface area contributed by atoms with E-state index >= 15 is 0 Å². The van der Waals surface area contributed by atoms with Crippen LogP contribution in [0.5, 0.6) is 0 Å². The van der Waals surface area contributed by atoms with Crippen molar-refractivity contribution in [2.24, 2.45) is 7.05 Å². The molecule has 0 aliphatic rings. The highest BCUT2D eigenvalue weighted by Crippen LogP contribution is 2.38. The summed E-state index contributed by atoms with van der Waals surface area (Å²) in [6.07, 6.45) is 3.66. The van der Waals surface area contributed by atoms with Crippen LogP contribution in [0.25, 0.3) is 22.0 Å². The number of thiazole rings is 1. The van der Waals surface area contributed by atoms with Gasteiger partial charge in [-0.15, -0.1) is 0 Å². The first-order chi connectivity index (χ1) is 16.5. The van der Waals surface area contributed by atoms with Crippen molar-refractivity contribution in [3.8, 4) is 22.0 Å². The summed E-state index contributed by atoms with van der Waals surface area (Å²) < 4.78 is 3.91. The molecule has 1 amide bonds. The topological polar surface area (TPSA) is 77.6 Å². The second-order valence-corrected chi connectivity index (χ2v) is 9.16. The minimum Gasteiger partial charge on any atom is -0.333 e. The summed E-state index contributed by atoms with van der Waals surface area (Å²) in [6, 6.07) is 19.6. The van der Waals surface area contributed by atoms with Gasteiger partial charge in [-0.2, -0.15) is 5.10 Å². The van der Waals surface area contributed by atoms with E-state index in [1.807, 2.05) is 90.9 Å². The Morgan fingerprint density at radius 2 is 1.82 bits per heavy atom. The minimum absolute atomic E-state index is 0.197. The zero-order valence-corrected chi connectivity index (χ0v) is 20.0. The zero-order chi connectivity index (χ0) is 23.7. The van der Waals surface area contributed by atoms with Crippen molar-refractivity contribution in [3.05, 3.63) is 95.6 Å². The molecule has 170 valence electrons. The van der Waals surface area contributed by atoms with Crippen molar-refractivity contribution in [2.75, 3.05) is 5.32 Å².